The van der Waals surface area contributed by atoms with Gasteiger partial charge in [-0.2, -0.15) is 0 Å². The number of thiophene rings is 1. The molecular formula is C15H18ClNOS. The highest BCUT2D eigenvalue weighted by Gasteiger charge is 2.09. The fourth-order valence-electron chi connectivity index (χ4n) is 1.87. The fourth-order valence-corrected chi connectivity index (χ4v) is 2.99. The van der Waals surface area contributed by atoms with Crippen molar-refractivity contribution in [2.45, 2.75) is 26.8 Å². The number of halogens is 1. The molecular weight excluding hydrogens is 278 g/mol. The van der Waals surface area contributed by atoms with Crippen molar-refractivity contribution >= 4 is 28.6 Å². The van der Waals surface area contributed by atoms with Gasteiger partial charge in [-0.25, -0.2) is 0 Å². The molecule has 1 atom stereocenters. The topological polar surface area (TPSA) is 21.3 Å². The second-order valence-electron chi connectivity index (χ2n) is 4.39. The van der Waals surface area contributed by atoms with Gasteiger partial charge in [0.2, 0.25) is 0 Å². The Bertz CT molecular complexity index is 553. The van der Waals surface area contributed by atoms with E-state index in [1.54, 1.807) is 0 Å². The van der Waals surface area contributed by atoms with E-state index in [1.165, 1.54) is 9.75 Å². The summed E-state index contributed by atoms with van der Waals surface area (Å²) in [4.78, 5) is 2.65. The summed E-state index contributed by atoms with van der Waals surface area (Å²) in [6.45, 7) is 6.84. The summed E-state index contributed by atoms with van der Waals surface area (Å²) in [5, 5.41) is 4.09. The Hall–Kier alpha value is -1.19. The van der Waals surface area contributed by atoms with Gasteiger partial charge in [0, 0.05) is 15.4 Å². The normalized spacial score (nSPS) is 12.2. The molecule has 0 spiro atoms. The molecule has 1 aromatic carbocycles. The molecule has 1 heterocycles. The molecule has 19 heavy (non-hydrogen) atoms. The molecule has 0 aliphatic heterocycles. The van der Waals surface area contributed by atoms with Crippen molar-refractivity contribution in [1.29, 1.82) is 0 Å². The second kappa shape index (κ2) is 6.31. The quantitative estimate of drug-likeness (QED) is 0.810. The Kier molecular flexibility index (Phi) is 4.72. The Labute approximate surface area is 123 Å². The zero-order chi connectivity index (χ0) is 13.8. The van der Waals surface area contributed by atoms with E-state index >= 15 is 0 Å². The molecule has 0 bridgehead atoms. The SMILES string of the molecule is CCOc1ccc(NC(C)c2ccc(C)s2)cc1Cl. The summed E-state index contributed by atoms with van der Waals surface area (Å²) in [6, 6.07) is 10.4. The van der Waals surface area contributed by atoms with Gasteiger partial charge in [-0.1, -0.05) is 11.6 Å². The number of hydrogen-bond acceptors (Lipinski definition) is 3. The van der Waals surface area contributed by atoms with Crippen molar-refractivity contribution in [3.63, 3.8) is 0 Å². The summed E-state index contributed by atoms with van der Waals surface area (Å²) in [6.07, 6.45) is 0. The fraction of sp³-hybridized carbons (Fsp3) is 0.333. The minimum atomic E-state index is 0.271. The van der Waals surface area contributed by atoms with E-state index in [4.69, 9.17) is 16.3 Å². The van der Waals surface area contributed by atoms with Crippen molar-refractivity contribution < 1.29 is 4.74 Å². The molecule has 0 radical (unpaired) electrons. The highest BCUT2D eigenvalue weighted by atomic mass is 35.5. The molecule has 0 saturated carbocycles. The van der Waals surface area contributed by atoms with Gasteiger partial charge in [-0.3, -0.25) is 0 Å². The number of anilines is 1. The zero-order valence-electron chi connectivity index (χ0n) is 11.4. The predicted octanol–water partition coefficient (Wildman–Crippen LogP) is 5.28. The maximum absolute atomic E-state index is 6.18. The molecule has 1 unspecified atom stereocenters. The van der Waals surface area contributed by atoms with Crippen LogP contribution in [0.4, 0.5) is 5.69 Å². The van der Waals surface area contributed by atoms with Crippen molar-refractivity contribution in [2.75, 3.05) is 11.9 Å². The van der Waals surface area contributed by atoms with Crippen LogP contribution in [0.25, 0.3) is 0 Å². The van der Waals surface area contributed by atoms with Crippen LogP contribution in [-0.4, -0.2) is 6.61 Å². The van der Waals surface area contributed by atoms with E-state index in [0.717, 1.165) is 11.4 Å². The highest BCUT2D eigenvalue weighted by Crippen LogP contribution is 2.30. The minimum Gasteiger partial charge on any atom is -0.492 e. The van der Waals surface area contributed by atoms with Crippen LogP contribution in [0.3, 0.4) is 0 Å². The molecule has 0 amide bonds. The van der Waals surface area contributed by atoms with Crippen molar-refractivity contribution in [1.82, 2.24) is 0 Å². The highest BCUT2D eigenvalue weighted by molar-refractivity contribution is 7.12. The van der Waals surface area contributed by atoms with Gasteiger partial charge < -0.3 is 10.1 Å². The van der Waals surface area contributed by atoms with Gasteiger partial charge in [0.15, 0.2) is 0 Å². The lowest BCUT2D eigenvalue weighted by atomic mass is 10.2. The van der Waals surface area contributed by atoms with Crippen LogP contribution >= 0.6 is 22.9 Å². The molecule has 2 rings (SSSR count). The molecule has 0 saturated heterocycles. The van der Waals surface area contributed by atoms with E-state index in [9.17, 15) is 0 Å². The standard InChI is InChI=1S/C15H18ClNOS/c1-4-18-14-7-6-12(9-13(14)16)17-11(3)15-8-5-10(2)19-15/h5-9,11,17H,4H2,1-3H3. The van der Waals surface area contributed by atoms with Crippen LogP contribution in [0.5, 0.6) is 5.75 Å². The molecule has 102 valence electrons. The molecule has 1 N–H and O–H groups in total. The Morgan fingerprint density at radius 1 is 1.32 bits per heavy atom. The van der Waals surface area contributed by atoms with E-state index in [0.29, 0.717) is 11.6 Å². The lowest BCUT2D eigenvalue weighted by molar-refractivity contribution is 0.340. The number of hydrogen-bond donors (Lipinski definition) is 1. The van der Waals surface area contributed by atoms with E-state index in [1.807, 2.05) is 36.5 Å². The maximum atomic E-state index is 6.18. The largest absolute Gasteiger partial charge is 0.492 e. The lowest BCUT2D eigenvalue weighted by Crippen LogP contribution is -2.04. The number of rotatable bonds is 5. The zero-order valence-corrected chi connectivity index (χ0v) is 12.9. The molecule has 2 nitrogen and oxygen atoms in total. The summed E-state index contributed by atoms with van der Waals surface area (Å²) in [5.41, 5.74) is 1.01. The number of ether oxygens (including phenoxy) is 1. The first kappa shape index (κ1) is 14.2. The summed E-state index contributed by atoms with van der Waals surface area (Å²) in [7, 11) is 0. The van der Waals surface area contributed by atoms with Crippen LogP contribution in [0.15, 0.2) is 30.3 Å². The number of benzene rings is 1. The van der Waals surface area contributed by atoms with Gasteiger partial charge in [0.1, 0.15) is 5.75 Å². The van der Waals surface area contributed by atoms with Gasteiger partial charge in [0.25, 0.3) is 0 Å². The average Bonchev–Trinajstić information content (AvgIpc) is 2.80. The van der Waals surface area contributed by atoms with E-state index in [-0.39, 0.29) is 6.04 Å². The first-order valence-corrected chi connectivity index (χ1v) is 7.55. The second-order valence-corrected chi connectivity index (χ2v) is 6.12. The molecule has 0 aliphatic rings. The first-order valence-electron chi connectivity index (χ1n) is 6.35. The van der Waals surface area contributed by atoms with Gasteiger partial charge >= 0.3 is 0 Å². The third-order valence-electron chi connectivity index (χ3n) is 2.80. The van der Waals surface area contributed by atoms with Crippen molar-refractivity contribution in [2.24, 2.45) is 0 Å². The maximum Gasteiger partial charge on any atom is 0.138 e. The third kappa shape index (κ3) is 3.64. The number of nitrogens with one attached hydrogen (secondary N) is 1. The Morgan fingerprint density at radius 2 is 2.11 bits per heavy atom. The summed E-state index contributed by atoms with van der Waals surface area (Å²) in [5.74, 6) is 0.731. The third-order valence-corrected chi connectivity index (χ3v) is 4.28. The molecule has 1 aromatic heterocycles. The van der Waals surface area contributed by atoms with E-state index in [2.05, 4.69) is 31.3 Å². The minimum absolute atomic E-state index is 0.271. The lowest BCUT2D eigenvalue weighted by Gasteiger charge is -2.15. The van der Waals surface area contributed by atoms with Crippen LogP contribution in [0.2, 0.25) is 5.02 Å². The Balaban J connectivity index is 2.09. The Morgan fingerprint density at radius 3 is 2.68 bits per heavy atom. The van der Waals surface area contributed by atoms with Crippen molar-refractivity contribution in [3.05, 3.63) is 45.1 Å². The number of aryl methyl sites for hydroxylation is 1. The molecule has 0 fully saturated rings. The average molecular weight is 296 g/mol. The first-order chi connectivity index (χ1) is 9.10. The molecule has 0 aliphatic carbocycles. The van der Waals surface area contributed by atoms with Crippen molar-refractivity contribution in [3.8, 4) is 5.75 Å². The summed E-state index contributed by atoms with van der Waals surface area (Å²) >= 11 is 7.99. The molecule has 4 heteroatoms. The van der Waals surface area contributed by atoms with Crippen LogP contribution in [-0.2, 0) is 0 Å². The van der Waals surface area contributed by atoms with Gasteiger partial charge in [-0.05, 0) is 51.1 Å². The van der Waals surface area contributed by atoms with Crippen LogP contribution in [0.1, 0.15) is 29.6 Å². The van der Waals surface area contributed by atoms with Crippen LogP contribution in [0, 0.1) is 6.92 Å². The predicted molar refractivity (Wildman–Crippen MR) is 83.7 cm³/mol. The van der Waals surface area contributed by atoms with Gasteiger partial charge in [0.05, 0.1) is 17.7 Å². The van der Waals surface area contributed by atoms with E-state index < -0.39 is 0 Å². The van der Waals surface area contributed by atoms with Gasteiger partial charge in [-0.15, -0.1) is 11.3 Å². The molecule has 2 aromatic rings. The smallest absolute Gasteiger partial charge is 0.138 e. The monoisotopic (exact) mass is 295 g/mol. The van der Waals surface area contributed by atoms with Crippen LogP contribution < -0.4 is 10.1 Å². The summed E-state index contributed by atoms with van der Waals surface area (Å²) < 4.78 is 5.43.